The van der Waals surface area contributed by atoms with E-state index in [9.17, 15) is 14.0 Å². The third-order valence-corrected chi connectivity index (χ3v) is 4.70. The van der Waals surface area contributed by atoms with Crippen molar-refractivity contribution < 1.29 is 14.0 Å². The van der Waals surface area contributed by atoms with Gasteiger partial charge < -0.3 is 15.5 Å². The Morgan fingerprint density at radius 1 is 1.27 bits per heavy atom. The molecule has 1 aromatic carbocycles. The first-order valence-electron chi connectivity index (χ1n) is 9.25. The quantitative estimate of drug-likeness (QED) is 0.578. The van der Waals surface area contributed by atoms with Gasteiger partial charge in [0.25, 0.3) is 0 Å². The Morgan fingerprint density at radius 3 is 2.65 bits per heavy atom. The fourth-order valence-electron chi connectivity index (χ4n) is 3.23. The number of unbranched alkanes of at least 4 members (excludes halogenated alkanes) is 1. The lowest BCUT2D eigenvalue weighted by atomic mass is 9.88. The zero-order valence-electron chi connectivity index (χ0n) is 15.3. The number of rotatable bonds is 7. The van der Waals surface area contributed by atoms with Crippen molar-refractivity contribution in [1.29, 1.82) is 0 Å². The van der Waals surface area contributed by atoms with E-state index < -0.39 is 0 Å². The Labute approximate surface area is 154 Å². The first-order valence-corrected chi connectivity index (χ1v) is 9.25. The van der Waals surface area contributed by atoms with Crippen molar-refractivity contribution in [3.63, 3.8) is 0 Å². The highest BCUT2D eigenvalue weighted by atomic mass is 19.1. The van der Waals surface area contributed by atoms with E-state index in [1.54, 1.807) is 23.1 Å². The molecule has 2 rings (SSSR count). The minimum absolute atomic E-state index is 0.0613. The van der Waals surface area contributed by atoms with Crippen LogP contribution in [0.1, 0.15) is 44.2 Å². The van der Waals surface area contributed by atoms with Crippen molar-refractivity contribution in [1.82, 2.24) is 15.5 Å². The zero-order valence-corrected chi connectivity index (χ0v) is 15.3. The van der Waals surface area contributed by atoms with Gasteiger partial charge in [0.1, 0.15) is 5.82 Å². The van der Waals surface area contributed by atoms with Crippen molar-refractivity contribution in [3.05, 3.63) is 48.3 Å². The molecule has 3 amide bonds. The average Bonchev–Trinajstić information content (AvgIpc) is 2.66. The molecule has 1 saturated heterocycles. The van der Waals surface area contributed by atoms with Crippen LogP contribution in [0.15, 0.2) is 36.9 Å². The third-order valence-electron chi connectivity index (χ3n) is 4.70. The predicted octanol–water partition coefficient (Wildman–Crippen LogP) is 3.39. The van der Waals surface area contributed by atoms with Gasteiger partial charge in [-0.15, -0.1) is 6.58 Å². The molecule has 6 heteroatoms. The number of urea groups is 1. The number of piperidine rings is 1. The Balaban J connectivity index is 2.13. The number of nitrogens with zero attached hydrogens (tertiary/aromatic N) is 1. The number of hydrogen-bond acceptors (Lipinski definition) is 2. The third kappa shape index (κ3) is 5.31. The second-order valence-corrected chi connectivity index (χ2v) is 6.61. The second-order valence-electron chi connectivity index (χ2n) is 6.61. The molecule has 0 spiro atoms. The van der Waals surface area contributed by atoms with Crippen LogP contribution in [0, 0.1) is 11.7 Å². The largest absolute Gasteiger partial charge is 0.352 e. The number of carbonyl (C=O) groups is 2. The van der Waals surface area contributed by atoms with Gasteiger partial charge in [0, 0.05) is 19.6 Å². The first-order chi connectivity index (χ1) is 12.6. The number of hydrogen-bond donors (Lipinski definition) is 2. The van der Waals surface area contributed by atoms with Crippen molar-refractivity contribution in [3.8, 4) is 0 Å². The van der Waals surface area contributed by atoms with Crippen LogP contribution in [0.5, 0.6) is 0 Å². The van der Waals surface area contributed by atoms with Crippen LogP contribution in [0.4, 0.5) is 9.18 Å². The molecule has 5 nitrogen and oxygen atoms in total. The SMILES string of the molecule is C=CCNC(=O)[C@@H]1CC[C@H](c2ccc(F)cc2)N(C(=O)NCCCC)C1. The van der Waals surface area contributed by atoms with Crippen LogP contribution >= 0.6 is 0 Å². The number of likely N-dealkylation sites (tertiary alicyclic amines) is 1. The lowest BCUT2D eigenvalue weighted by Gasteiger charge is -2.39. The van der Waals surface area contributed by atoms with E-state index in [1.807, 2.05) is 0 Å². The van der Waals surface area contributed by atoms with Crippen LogP contribution in [-0.4, -0.2) is 36.5 Å². The topological polar surface area (TPSA) is 61.4 Å². The molecule has 2 atom stereocenters. The molecule has 0 unspecified atom stereocenters. The Kier molecular flexibility index (Phi) is 7.63. The van der Waals surface area contributed by atoms with E-state index in [0.29, 0.717) is 32.5 Å². The summed E-state index contributed by atoms with van der Waals surface area (Å²) in [5, 5.41) is 5.74. The van der Waals surface area contributed by atoms with Gasteiger partial charge in [-0.05, 0) is 37.0 Å². The summed E-state index contributed by atoms with van der Waals surface area (Å²) in [5.41, 5.74) is 0.891. The highest BCUT2D eigenvalue weighted by Crippen LogP contribution is 2.33. The highest BCUT2D eigenvalue weighted by Gasteiger charge is 2.35. The fourth-order valence-corrected chi connectivity index (χ4v) is 3.23. The summed E-state index contributed by atoms with van der Waals surface area (Å²) >= 11 is 0. The average molecular weight is 361 g/mol. The maximum Gasteiger partial charge on any atom is 0.317 e. The van der Waals surface area contributed by atoms with Crippen molar-refractivity contribution >= 4 is 11.9 Å². The number of nitrogens with one attached hydrogen (secondary N) is 2. The molecular formula is C20H28FN3O2. The van der Waals surface area contributed by atoms with Crippen LogP contribution in [0.3, 0.4) is 0 Å². The first kappa shape index (κ1) is 19.9. The van der Waals surface area contributed by atoms with Gasteiger partial charge in [0.2, 0.25) is 5.91 Å². The highest BCUT2D eigenvalue weighted by molar-refractivity contribution is 5.81. The molecule has 1 heterocycles. The molecule has 26 heavy (non-hydrogen) atoms. The van der Waals surface area contributed by atoms with Gasteiger partial charge >= 0.3 is 6.03 Å². The number of halogens is 1. The molecule has 0 radical (unpaired) electrons. The smallest absolute Gasteiger partial charge is 0.317 e. The van der Waals surface area contributed by atoms with E-state index in [4.69, 9.17) is 0 Å². The molecule has 142 valence electrons. The van der Waals surface area contributed by atoms with E-state index in [0.717, 1.165) is 18.4 Å². The van der Waals surface area contributed by atoms with Gasteiger partial charge in [-0.1, -0.05) is 31.6 Å². The van der Waals surface area contributed by atoms with Crippen LogP contribution in [0.25, 0.3) is 0 Å². The van der Waals surface area contributed by atoms with Gasteiger partial charge in [-0.3, -0.25) is 4.79 Å². The number of benzene rings is 1. The zero-order chi connectivity index (χ0) is 18.9. The van der Waals surface area contributed by atoms with E-state index in [-0.39, 0.29) is 29.7 Å². The summed E-state index contributed by atoms with van der Waals surface area (Å²) in [5.74, 6) is -0.609. The molecule has 1 aliphatic rings. The van der Waals surface area contributed by atoms with E-state index >= 15 is 0 Å². The summed E-state index contributed by atoms with van der Waals surface area (Å²) in [7, 11) is 0. The van der Waals surface area contributed by atoms with Crippen LogP contribution < -0.4 is 10.6 Å². The molecule has 1 fully saturated rings. The summed E-state index contributed by atoms with van der Waals surface area (Å²) in [6.45, 7) is 7.04. The molecular weight excluding hydrogens is 333 g/mol. The maximum absolute atomic E-state index is 13.2. The molecule has 1 aliphatic heterocycles. The standard InChI is InChI=1S/C20H28FN3O2/c1-3-5-13-23-20(26)24-14-16(19(25)22-12-4-2)8-11-18(24)15-6-9-17(21)10-7-15/h4,6-7,9-10,16,18H,2-3,5,8,11-14H2,1H3,(H,22,25)(H,23,26)/t16-,18-/m1/s1. The van der Waals surface area contributed by atoms with E-state index in [1.165, 1.54) is 12.1 Å². The van der Waals surface area contributed by atoms with Gasteiger partial charge in [0.15, 0.2) is 0 Å². The Hall–Kier alpha value is -2.37. The predicted molar refractivity (Wildman–Crippen MR) is 100 cm³/mol. The number of carbonyl (C=O) groups excluding carboxylic acids is 2. The summed E-state index contributed by atoms with van der Waals surface area (Å²) in [6.07, 6.45) is 4.89. The minimum atomic E-state index is -0.301. The van der Waals surface area contributed by atoms with Crippen LogP contribution in [-0.2, 0) is 4.79 Å². The maximum atomic E-state index is 13.2. The van der Waals surface area contributed by atoms with Gasteiger partial charge in [-0.2, -0.15) is 0 Å². The molecule has 0 bridgehead atoms. The lowest BCUT2D eigenvalue weighted by molar-refractivity contribution is -0.126. The minimum Gasteiger partial charge on any atom is -0.352 e. The normalized spacial score (nSPS) is 19.7. The molecule has 0 aromatic heterocycles. The van der Waals surface area contributed by atoms with Crippen molar-refractivity contribution in [2.45, 2.75) is 38.6 Å². The van der Waals surface area contributed by atoms with Crippen molar-refractivity contribution in [2.24, 2.45) is 5.92 Å². The molecule has 0 aliphatic carbocycles. The molecule has 0 saturated carbocycles. The second kappa shape index (κ2) is 9.94. The van der Waals surface area contributed by atoms with E-state index in [2.05, 4.69) is 24.1 Å². The Bertz CT molecular complexity index is 618. The summed E-state index contributed by atoms with van der Waals surface area (Å²) in [4.78, 5) is 26.7. The number of amides is 3. The summed E-state index contributed by atoms with van der Waals surface area (Å²) in [6, 6.07) is 5.92. The lowest BCUT2D eigenvalue weighted by Crippen LogP contribution is -2.50. The van der Waals surface area contributed by atoms with Crippen LogP contribution in [0.2, 0.25) is 0 Å². The van der Waals surface area contributed by atoms with Crippen molar-refractivity contribution in [2.75, 3.05) is 19.6 Å². The molecule has 1 aromatic rings. The Morgan fingerprint density at radius 2 is 2.00 bits per heavy atom. The monoisotopic (exact) mass is 361 g/mol. The summed E-state index contributed by atoms with van der Waals surface area (Å²) < 4.78 is 13.2. The molecule has 2 N–H and O–H groups in total. The fraction of sp³-hybridized carbons (Fsp3) is 0.500. The van der Waals surface area contributed by atoms with Gasteiger partial charge in [0.05, 0.1) is 12.0 Å². The van der Waals surface area contributed by atoms with Gasteiger partial charge in [-0.25, -0.2) is 9.18 Å².